The summed E-state index contributed by atoms with van der Waals surface area (Å²) in [6.45, 7) is 3.44. The Bertz CT molecular complexity index is 867. The Morgan fingerprint density at radius 3 is 2.36 bits per heavy atom. The number of benzene rings is 2. The van der Waals surface area contributed by atoms with Crippen LogP contribution in [0.1, 0.15) is 12.5 Å². The Labute approximate surface area is 152 Å². The zero-order chi connectivity index (χ0) is 18.6. The average molecular weight is 383 g/mol. The molecule has 0 aliphatic rings. The number of ether oxygens (including phenoxy) is 1. The summed E-state index contributed by atoms with van der Waals surface area (Å²) >= 11 is 6.01. The zero-order valence-corrected chi connectivity index (χ0v) is 15.6. The lowest BCUT2D eigenvalue weighted by Gasteiger charge is -2.14. The number of aryl methyl sites for hydroxylation is 1. The van der Waals surface area contributed by atoms with E-state index in [1.54, 1.807) is 25.1 Å². The minimum absolute atomic E-state index is 0.0733. The van der Waals surface area contributed by atoms with Crippen LogP contribution in [0.5, 0.6) is 5.75 Å². The molecule has 0 aliphatic heterocycles. The molecule has 0 fully saturated rings. The summed E-state index contributed by atoms with van der Waals surface area (Å²) in [5.41, 5.74) is 1.24. The number of carbonyl (C=O) groups is 1. The van der Waals surface area contributed by atoms with Crippen molar-refractivity contribution < 1.29 is 17.9 Å². The van der Waals surface area contributed by atoms with Crippen molar-refractivity contribution in [1.82, 2.24) is 5.32 Å². The van der Waals surface area contributed by atoms with Crippen LogP contribution in [0.15, 0.2) is 47.4 Å². The van der Waals surface area contributed by atoms with Crippen LogP contribution in [-0.2, 0) is 14.8 Å². The number of nitrogens with one attached hydrogen (secondary N) is 2. The molecule has 2 N–H and O–H groups in total. The maximum atomic E-state index is 12.4. The maximum absolute atomic E-state index is 12.4. The molecule has 2 aromatic carbocycles. The average Bonchev–Trinajstić information content (AvgIpc) is 2.57. The van der Waals surface area contributed by atoms with Crippen molar-refractivity contribution in [2.75, 3.05) is 11.8 Å². The summed E-state index contributed by atoms with van der Waals surface area (Å²) in [6.07, 6.45) is -0.680. The Balaban J connectivity index is 2.14. The van der Waals surface area contributed by atoms with Crippen LogP contribution in [0.3, 0.4) is 0 Å². The smallest absolute Gasteiger partial charge is 0.261 e. The fourth-order valence-corrected chi connectivity index (χ4v) is 3.26. The van der Waals surface area contributed by atoms with E-state index in [1.165, 1.54) is 31.3 Å². The number of amides is 1. The molecule has 0 spiro atoms. The first-order valence-corrected chi connectivity index (χ1v) is 9.36. The highest BCUT2D eigenvalue weighted by Crippen LogP contribution is 2.23. The molecule has 0 aromatic heterocycles. The van der Waals surface area contributed by atoms with Gasteiger partial charge in [0.15, 0.2) is 6.10 Å². The topological polar surface area (TPSA) is 84.5 Å². The summed E-state index contributed by atoms with van der Waals surface area (Å²) in [5, 5.41) is 2.95. The molecule has 6 nitrogen and oxygen atoms in total. The number of hydrogen-bond acceptors (Lipinski definition) is 4. The second-order valence-corrected chi connectivity index (χ2v) is 7.50. The predicted molar refractivity (Wildman–Crippen MR) is 97.6 cm³/mol. The van der Waals surface area contributed by atoms with E-state index in [0.717, 1.165) is 5.56 Å². The van der Waals surface area contributed by atoms with Gasteiger partial charge in [0.05, 0.1) is 10.6 Å². The third kappa shape index (κ3) is 4.87. The number of anilines is 1. The second kappa shape index (κ2) is 7.76. The number of halogens is 1. The fraction of sp³-hybridized carbons (Fsp3) is 0.235. The van der Waals surface area contributed by atoms with Gasteiger partial charge in [0.2, 0.25) is 0 Å². The van der Waals surface area contributed by atoms with Crippen molar-refractivity contribution in [3.63, 3.8) is 0 Å². The molecule has 0 aliphatic carbocycles. The van der Waals surface area contributed by atoms with Crippen molar-refractivity contribution in [3.05, 3.63) is 53.1 Å². The van der Waals surface area contributed by atoms with E-state index in [4.69, 9.17) is 16.3 Å². The monoisotopic (exact) mass is 382 g/mol. The van der Waals surface area contributed by atoms with E-state index in [9.17, 15) is 13.2 Å². The SMILES string of the molecule is CNC(=O)[C@@H](C)Oc1ccc(S(=O)(=O)Nc2ccc(C)c(Cl)c2)cc1. The zero-order valence-electron chi connectivity index (χ0n) is 14.0. The standard InChI is InChI=1S/C17H19ClN2O4S/c1-11-4-5-13(10-16(11)18)20-25(22,23)15-8-6-14(7-9-15)24-12(2)17(21)19-3/h4-10,12,20H,1-3H3,(H,19,21)/t12-/m1/s1. The molecular formula is C17H19ClN2O4S. The molecule has 0 saturated carbocycles. The molecule has 2 aromatic rings. The third-order valence-corrected chi connectivity index (χ3v) is 5.29. The van der Waals surface area contributed by atoms with Crippen molar-refractivity contribution in [2.24, 2.45) is 0 Å². The molecule has 25 heavy (non-hydrogen) atoms. The lowest BCUT2D eigenvalue weighted by atomic mass is 10.2. The molecular weight excluding hydrogens is 364 g/mol. The minimum atomic E-state index is -3.75. The van der Waals surface area contributed by atoms with E-state index < -0.39 is 16.1 Å². The van der Waals surface area contributed by atoms with Gasteiger partial charge < -0.3 is 10.1 Å². The van der Waals surface area contributed by atoms with Gasteiger partial charge in [-0.15, -0.1) is 0 Å². The van der Waals surface area contributed by atoms with Gasteiger partial charge in [-0.25, -0.2) is 8.42 Å². The van der Waals surface area contributed by atoms with Crippen LogP contribution in [0, 0.1) is 6.92 Å². The van der Waals surface area contributed by atoms with Crippen LogP contribution < -0.4 is 14.8 Å². The number of rotatable bonds is 6. The molecule has 0 bridgehead atoms. The van der Waals surface area contributed by atoms with Gasteiger partial charge >= 0.3 is 0 Å². The highest BCUT2D eigenvalue weighted by atomic mass is 35.5. The number of sulfonamides is 1. The van der Waals surface area contributed by atoms with E-state index >= 15 is 0 Å². The van der Waals surface area contributed by atoms with Crippen LogP contribution in [0.2, 0.25) is 5.02 Å². The van der Waals surface area contributed by atoms with Gasteiger partial charge in [0.25, 0.3) is 15.9 Å². The first-order valence-electron chi connectivity index (χ1n) is 7.50. The third-order valence-electron chi connectivity index (χ3n) is 3.49. The summed E-state index contributed by atoms with van der Waals surface area (Å²) < 4.78 is 32.8. The van der Waals surface area contributed by atoms with Crippen molar-refractivity contribution in [3.8, 4) is 5.75 Å². The van der Waals surface area contributed by atoms with E-state index in [2.05, 4.69) is 10.0 Å². The maximum Gasteiger partial charge on any atom is 0.261 e. The fourth-order valence-electron chi connectivity index (χ4n) is 2.03. The normalized spacial score (nSPS) is 12.3. The molecule has 0 unspecified atom stereocenters. The molecule has 134 valence electrons. The largest absolute Gasteiger partial charge is 0.481 e. The summed E-state index contributed by atoms with van der Waals surface area (Å²) in [6, 6.07) is 10.7. The molecule has 0 saturated heterocycles. The van der Waals surface area contributed by atoms with Gasteiger partial charge in [-0.3, -0.25) is 9.52 Å². The Morgan fingerprint density at radius 2 is 1.80 bits per heavy atom. The Hall–Kier alpha value is -2.25. The number of hydrogen-bond donors (Lipinski definition) is 2. The number of carbonyl (C=O) groups excluding carboxylic acids is 1. The van der Waals surface area contributed by atoms with Gasteiger partial charge in [-0.05, 0) is 55.8 Å². The van der Waals surface area contributed by atoms with E-state index in [-0.39, 0.29) is 10.8 Å². The highest BCUT2D eigenvalue weighted by molar-refractivity contribution is 7.92. The minimum Gasteiger partial charge on any atom is -0.481 e. The van der Waals surface area contributed by atoms with Crippen molar-refractivity contribution in [2.45, 2.75) is 24.8 Å². The quantitative estimate of drug-likeness (QED) is 0.804. The van der Waals surface area contributed by atoms with Crippen LogP contribution in [0.25, 0.3) is 0 Å². The summed E-state index contributed by atoms with van der Waals surface area (Å²) in [4.78, 5) is 11.5. The predicted octanol–water partition coefficient (Wildman–Crippen LogP) is 2.96. The molecule has 8 heteroatoms. The number of likely N-dealkylation sites (N-methyl/N-ethyl adjacent to an activating group) is 1. The lowest BCUT2D eigenvalue weighted by molar-refractivity contribution is -0.126. The second-order valence-electron chi connectivity index (χ2n) is 5.42. The van der Waals surface area contributed by atoms with Gasteiger partial charge in [-0.1, -0.05) is 17.7 Å². The first-order chi connectivity index (χ1) is 11.7. The van der Waals surface area contributed by atoms with Crippen LogP contribution >= 0.6 is 11.6 Å². The summed E-state index contributed by atoms with van der Waals surface area (Å²) in [5.74, 6) is 0.128. The lowest BCUT2D eigenvalue weighted by Crippen LogP contribution is -2.33. The van der Waals surface area contributed by atoms with Crippen molar-refractivity contribution >= 4 is 33.2 Å². The van der Waals surface area contributed by atoms with Gasteiger partial charge in [-0.2, -0.15) is 0 Å². The van der Waals surface area contributed by atoms with E-state index in [0.29, 0.717) is 16.5 Å². The van der Waals surface area contributed by atoms with E-state index in [1.807, 2.05) is 6.92 Å². The van der Waals surface area contributed by atoms with Gasteiger partial charge in [0.1, 0.15) is 5.75 Å². The highest BCUT2D eigenvalue weighted by Gasteiger charge is 2.16. The van der Waals surface area contributed by atoms with Crippen LogP contribution in [-0.4, -0.2) is 27.5 Å². The molecule has 2 rings (SSSR count). The van der Waals surface area contributed by atoms with Gasteiger partial charge in [0, 0.05) is 12.1 Å². The molecule has 0 radical (unpaired) electrons. The molecule has 0 heterocycles. The summed E-state index contributed by atoms with van der Waals surface area (Å²) in [7, 11) is -2.24. The molecule has 1 amide bonds. The van der Waals surface area contributed by atoms with Crippen molar-refractivity contribution in [1.29, 1.82) is 0 Å². The molecule has 1 atom stereocenters. The Kier molecular flexibility index (Phi) is 5.92. The first kappa shape index (κ1) is 19.1. The van der Waals surface area contributed by atoms with Crippen LogP contribution in [0.4, 0.5) is 5.69 Å². The Morgan fingerprint density at radius 1 is 1.16 bits per heavy atom.